The van der Waals surface area contributed by atoms with Crippen LogP contribution in [0.1, 0.15) is 16.7 Å². The number of carbonyl (C=O) groups is 1. The van der Waals surface area contributed by atoms with Crippen molar-refractivity contribution in [1.29, 1.82) is 0 Å². The van der Waals surface area contributed by atoms with Gasteiger partial charge in [-0.25, -0.2) is 8.42 Å². The summed E-state index contributed by atoms with van der Waals surface area (Å²) in [6.45, 7) is 0. The van der Waals surface area contributed by atoms with E-state index in [0.717, 1.165) is 24.3 Å². The summed E-state index contributed by atoms with van der Waals surface area (Å²) in [5.41, 5.74) is 0.411. The Kier molecular flexibility index (Phi) is 6.78. The number of amides is 1. The fraction of sp³-hybridized carbons (Fsp3) is 0.160. The van der Waals surface area contributed by atoms with Crippen LogP contribution in [0.15, 0.2) is 59.5 Å². The average molecular weight is 535 g/mol. The van der Waals surface area contributed by atoms with Crippen LogP contribution in [-0.2, 0) is 21.0 Å². The molecule has 12 heteroatoms. The molecular formula is C25H21F3N2O6S. The average Bonchev–Trinajstić information content (AvgIpc) is 3.17. The molecule has 0 aromatic heterocycles. The van der Waals surface area contributed by atoms with Crippen molar-refractivity contribution in [3.05, 3.63) is 71.3 Å². The number of methoxy groups -OCH3 is 3. The highest BCUT2D eigenvalue weighted by atomic mass is 32.2. The Morgan fingerprint density at radius 3 is 2.16 bits per heavy atom. The molecule has 0 atom stereocenters. The number of rotatable bonds is 7. The van der Waals surface area contributed by atoms with Crippen molar-refractivity contribution >= 4 is 39.0 Å². The molecule has 1 amide bonds. The minimum Gasteiger partial charge on any atom is -0.493 e. The lowest BCUT2D eigenvalue weighted by atomic mass is 10.0. The number of sulfonamides is 1. The van der Waals surface area contributed by atoms with Gasteiger partial charge in [-0.3, -0.25) is 9.52 Å². The van der Waals surface area contributed by atoms with Crippen LogP contribution in [-0.4, -0.2) is 35.7 Å². The molecule has 0 saturated heterocycles. The van der Waals surface area contributed by atoms with E-state index in [4.69, 9.17) is 14.2 Å². The summed E-state index contributed by atoms with van der Waals surface area (Å²) in [6.07, 6.45) is -3.02. The monoisotopic (exact) mass is 534 g/mol. The zero-order valence-corrected chi connectivity index (χ0v) is 20.6. The molecule has 0 unspecified atom stereocenters. The van der Waals surface area contributed by atoms with Crippen molar-refractivity contribution < 1.29 is 40.6 Å². The van der Waals surface area contributed by atoms with Gasteiger partial charge >= 0.3 is 6.18 Å². The van der Waals surface area contributed by atoms with Crippen LogP contribution in [0, 0.1) is 0 Å². The topological polar surface area (TPSA) is 103 Å². The van der Waals surface area contributed by atoms with Gasteiger partial charge in [0, 0.05) is 28.1 Å². The molecule has 0 aliphatic carbocycles. The van der Waals surface area contributed by atoms with Crippen molar-refractivity contribution in [1.82, 2.24) is 0 Å². The van der Waals surface area contributed by atoms with E-state index in [1.165, 1.54) is 45.6 Å². The first-order valence-corrected chi connectivity index (χ1v) is 12.1. The van der Waals surface area contributed by atoms with Gasteiger partial charge in [-0.2, -0.15) is 13.2 Å². The largest absolute Gasteiger partial charge is 0.493 e. The Bertz CT molecular complexity index is 1500. The van der Waals surface area contributed by atoms with Crippen molar-refractivity contribution in [2.75, 3.05) is 31.4 Å². The third-order valence-electron chi connectivity index (χ3n) is 5.58. The second-order valence-corrected chi connectivity index (χ2v) is 9.51. The summed E-state index contributed by atoms with van der Waals surface area (Å²) in [4.78, 5) is 12.6. The summed E-state index contributed by atoms with van der Waals surface area (Å²) in [6, 6.07) is 10.9. The summed E-state index contributed by atoms with van der Waals surface area (Å²) < 4.78 is 82.7. The number of ether oxygens (including phenoxy) is 3. The van der Waals surface area contributed by atoms with Gasteiger partial charge in [-0.15, -0.1) is 0 Å². The minimum atomic E-state index is -4.55. The summed E-state index contributed by atoms with van der Waals surface area (Å²) in [7, 11) is 0.151. The zero-order chi connectivity index (χ0) is 27.0. The fourth-order valence-corrected chi connectivity index (χ4v) is 4.90. The number of hydrogen-bond acceptors (Lipinski definition) is 6. The third kappa shape index (κ3) is 5.05. The number of carbonyl (C=O) groups excluding carboxylic acids is 1. The molecule has 194 valence electrons. The number of halogens is 3. The van der Waals surface area contributed by atoms with E-state index in [1.54, 1.807) is 12.1 Å². The smallest absolute Gasteiger partial charge is 0.416 e. The molecule has 0 bridgehead atoms. The van der Waals surface area contributed by atoms with Gasteiger partial charge < -0.3 is 19.5 Å². The highest BCUT2D eigenvalue weighted by molar-refractivity contribution is 7.92. The van der Waals surface area contributed by atoms with E-state index in [1.807, 2.05) is 0 Å². The lowest BCUT2D eigenvalue weighted by Gasteiger charge is -2.14. The fourth-order valence-electron chi connectivity index (χ4n) is 3.81. The van der Waals surface area contributed by atoms with Gasteiger partial charge in [0.2, 0.25) is 5.75 Å². The van der Waals surface area contributed by atoms with Crippen LogP contribution in [0.2, 0.25) is 0 Å². The van der Waals surface area contributed by atoms with Crippen LogP contribution in [0.4, 0.5) is 24.5 Å². The van der Waals surface area contributed by atoms with E-state index in [0.29, 0.717) is 34.1 Å². The van der Waals surface area contributed by atoms with Crippen molar-refractivity contribution in [3.63, 3.8) is 0 Å². The molecule has 8 nitrogen and oxygen atoms in total. The van der Waals surface area contributed by atoms with Crippen molar-refractivity contribution in [2.45, 2.75) is 11.1 Å². The first-order valence-electron chi connectivity index (χ1n) is 10.6. The third-order valence-corrected chi connectivity index (χ3v) is 6.96. The molecule has 0 fully saturated rings. The molecular weight excluding hydrogens is 513 g/mol. The molecule has 37 heavy (non-hydrogen) atoms. The first kappa shape index (κ1) is 25.9. The second kappa shape index (κ2) is 9.69. The van der Waals surface area contributed by atoms with Gasteiger partial charge in [0.05, 0.1) is 31.8 Å². The highest BCUT2D eigenvalue weighted by Crippen LogP contribution is 2.43. The number of hydrogen-bond donors (Lipinski definition) is 2. The number of alkyl halides is 3. The molecule has 4 rings (SSSR count). The van der Waals surface area contributed by atoms with Gasteiger partial charge in [0.15, 0.2) is 11.5 Å². The Balaban J connectivity index is 1.71. The highest BCUT2D eigenvalue weighted by Gasteiger charge is 2.31. The molecule has 2 N–H and O–H groups in total. The quantitative estimate of drug-likeness (QED) is 0.413. The predicted molar refractivity (Wildman–Crippen MR) is 131 cm³/mol. The first-order chi connectivity index (χ1) is 17.5. The molecule has 0 saturated carbocycles. The van der Waals surface area contributed by atoms with E-state index in [2.05, 4.69) is 10.0 Å². The maximum Gasteiger partial charge on any atom is 0.416 e. The van der Waals surface area contributed by atoms with Crippen molar-refractivity contribution in [2.24, 2.45) is 0 Å². The van der Waals surface area contributed by atoms with Crippen LogP contribution in [0.5, 0.6) is 17.2 Å². The number of nitrogens with one attached hydrogen (secondary N) is 2. The number of benzene rings is 3. The molecule has 1 heterocycles. The van der Waals surface area contributed by atoms with Gasteiger partial charge in [-0.1, -0.05) is 0 Å². The molecule has 0 spiro atoms. The van der Waals surface area contributed by atoms with Crippen molar-refractivity contribution in [3.8, 4) is 17.2 Å². The lowest BCUT2D eigenvalue weighted by Crippen LogP contribution is -2.13. The number of anilines is 2. The SMILES string of the molecule is COc1ccc(C=C2C(=O)Nc3ccc(S(=O)(=O)Nc4ccc(C(F)(F)F)cc4)cc32)c(OC)c1OC. The zero-order valence-electron chi connectivity index (χ0n) is 19.8. The number of fused-ring (bicyclic) bond motifs is 1. The lowest BCUT2D eigenvalue weighted by molar-refractivity contribution is -0.137. The summed E-state index contributed by atoms with van der Waals surface area (Å²) in [5.74, 6) is 0.580. The molecule has 0 radical (unpaired) electrons. The maximum atomic E-state index is 13.0. The van der Waals surface area contributed by atoms with Crippen LogP contribution >= 0.6 is 0 Å². The van der Waals surface area contributed by atoms with Gasteiger partial charge in [0.1, 0.15) is 0 Å². The maximum absolute atomic E-state index is 13.0. The summed E-state index contributed by atoms with van der Waals surface area (Å²) in [5, 5.41) is 2.68. The molecule has 3 aromatic rings. The standard InChI is InChI=1S/C25H21F3N2O6S/c1-34-21-11-4-14(22(35-2)23(21)36-3)12-19-18-13-17(9-10-20(18)29-24(19)31)37(32,33)30-16-7-5-15(6-8-16)25(26,27)28/h4-13,30H,1-3H3,(H,29,31). The Hall–Kier alpha value is -4.19. The Labute approximate surface area is 210 Å². The Morgan fingerprint density at radius 1 is 0.892 bits per heavy atom. The van der Waals surface area contributed by atoms with Crippen LogP contribution in [0.25, 0.3) is 11.6 Å². The molecule has 1 aliphatic heterocycles. The molecule has 1 aliphatic rings. The van der Waals surface area contributed by atoms with E-state index in [-0.39, 0.29) is 16.2 Å². The Morgan fingerprint density at radius 2 is 1.57 bits per heavy atom. The van der Waals surface area contributed by atoms with E-state index in [9.17, 15) is 26.4 Å². The molecule has 3 aromatic carbocycles. The van der Waals surface area contributed by atoms with E-state index < -0.39 is 27.7 Å². The van der Waals surface area contributed by atoms with Crippen LogP contribution < -0.4 is 24.2 Å². The van der Waals surface area contributed by atoms with Gasteiger partial charge in [-0.05, 0) is 60.7 Å². The minimum absolute atomic E-state index is 0.0477. The van der Waals surface area contributed by atoms with Gasteiger partial charge in [0.25, 0.3) is 15.9 Å². The second-order valence-electron chi connectivity index (χ2n) is 7.82. The predicted octanol–water partition coefficient (Wildman–Crippen LogP) is 5.02. The van der Waals surface area contributed by atoms with Crippen LogP contribution in [0.3, 0.4) is 0 Å². The summed E-state index contributed by atoms with van der Waals surface area (Å²) >= 11 is 0. The normalized spacial score (nSPS) is 14.2. The van der Waals surface area contributed by atoms with E-state index >= 15 is 0 Å².